The fourth-order valence-corrected chi connectivity index (χ4v) is 1.73. The van der Waals surface area contributed by atoms with Crippen molar-refractivity contribution in [1.82, 2.24) is 0 Å². The monoisotopic (exact) mass is 297 g/mol. The maximum absolute atomic E-state index is 10.7. The van der Waals surface area contributed by atoms with Crippen LogP contribution in [0.15, 0.2) is 22.7 Å². The van der Waals surface area contributed by atoms with Gasteiger partial charge in [-0.05, 0) is 47.0 Å². The Kier molecular flexibility index (Phi) is 5.50. The van der Waals surface area contributed by atoms with Gasteiger partial charge < -0.3 is 9.84 Å². The second-order valence-corrected chi connectivity index (χ2v) is 4.27. The molecule has 0 amide bonds. The van der Waals surface area contributed by atoms with E-state index in [1.807, 2.05) is 0 Å². The van der Waals surface area contributed by atoms with Crippen molar-refractivity contribution in [3.8, 4) is 11.8 Å². The third-order valence-electron chi connectivity index (χ3n) is 2.12. The van der Waals surface area contributed by atoms with Crippen LogP contribution < -0.4 is 4.74 Å². The average Bonchev–Trinajstić information content (AvgIpc) is 2.30. The average molecular weight is 298 g/mol. The lowest BCUT2D eigenvalue weighted by Crippen LogP contribution is -2.00. The van der Waals surface area contributed by atoms with Gasteiger partial charge in [0.15, 0.2) is 0 Å². The molecular formula is C12H12BrNO3. The molecule has 0 aliphatic heterocycles. The number of carboxylic acid groups (broad SMARTS) is 1. The quantitative estimate of drug-likeness (QED) is 0.819. The van der Waals surface area contributed by atoms with E-state index in [9.17, 15) is 4.79 Å². The topological polar surface area (TPSA) is 70.3 Å². The third-order valence-corrected chi connectivity index (χ3v) is 2.74. The summed E-state index contributed by atoms with van der Waals surface area (Å²) in [7, 11) is 0. The summed E-state index contributed by atoms with van der Waals surface area (Å²) in [5, 5.41) is 17.1. The summed E-state index contributed by atoms with van der Waals surface area (Å²) in [5.74, 6) is -0.349. The second-order valence-electron chi connectivity index (χ2n) is 3.41. The normalized spacial score (nSPS) is 9.65. The van der Waals surface area contributed by atoms with Crippen molar-refractivity contribution in [2.24, 2.45) is 0 Å². The molecule has 0 saturated carbocycles. The smallest absolute Gasteiger partial charge is 0.335 e. The highest BCUT2D eigenvalue weighted by Crippen LogP contribution is 2.26. The van der Waals surface area contributed by atoms with Crippen molar-refractivity contribution in [3.63, 3.8) is 0 Å². The van der Waals surface area contributed by atoms with Gasteiger partial charge in [-0.1, -0.05) is 0 Å². The van der Waals surface area contributed by atoms with Crippen LogP contribution >= 0.6 is 15.9 Å². The lowest BCUT2D eigenvalue weighted by Gasteiger charge is -2.08. The molecule has 1 aromatic rings. The van der Waals surface area contributed by atoms with E-state index < -0.39 is 5.97 Å². The largest absolute Gasteiger partial charge is 0.492 e. The molecule has 17 heavy (non-hydrogen) atoms. The number of aromatic carboxylic acids is 1. The summed E-state index contributed by atoms with van der Waals surface area (Å²) < 4.78 is 6.09. The molecule has 0 fully saturated rings. The van der Waals surface area contributed by atoms with Gasteiger partial charge in [0, 0.05) is 6.42 Å². The van der Waals surface area contributed by atoms with Crippen LogP contribution in [-0.4, -0.2) is 17.7 Å². The highest BCUT2D eigenvalue weighted by molar-refractivity contribution is 9.10. The second kappa shape index (κ2) is 6.92. The molecule has 90 valence electrons. The van der Waals surface area contributed by atoms with Gasteiger partial charge in [0.2, 0.25) is 0 Å². The van der Waals surface area contributed by atoms with Gasteiger partial charge in [-0.3, -0.25) is 0 Å². The first-order valence-electron chi connectivity index (χ1n) is 5.17. The minimum Gasteiger partial charge on any atom is -0.492 e. The lowest BCUT2D eigenvalue weighted by atomic mass is 10.2. The van der Waals surface area contributed by atoms with Gasteiger partial charge >= 0.3 is 5.97 Å². The summed E-state index contributed by atoms with van der Waals surface area (Å²) >= 11 is 3.26. The van der Waals surface area contributed by atoms with E-state index in [0.717, 1.165) is 12.8 Å². The molecule has 0 atom stereocenters. The molecule has 5 heteroatoms. The van der Waals surface area contributed by atoms with Crippen LogP contribution in [0, 0.1) is 11.3 Å². The number of rotatable bonds is 6. The minimum absolute atomic E-state index is 0.216. The number of unbranched alkanes of at least 4 members (excludes halogenated alkanes) is 2. The van der Waals surface area contributed by atoms with Crippen molar-refractivity contribution in [3.05, 3.63) is 28.2 Å². The van der Waals surface area contributed by atoms with Crippen LogP contribution in [0.5, 0.6) is 5.75 Å². The fraction of sp³-hybridized carbons (Fsp3) is 0.333. The summed E-state index contributed by atoms with van der Waals surface area (Å²) in [5.41, 5.74) is 0.216. The number of hydrogen-bond donors (Lipinski definition) is 1. The van der Waals surface area contributed by atoms with Gasteiger partial charge in [0.05, 0.1) is 22.7 Å². The molecule has 0 saturated heterocycles. The molecule has 4 nitrogen and oxygen atoms in total. The number of halogens is 1. The summed E-state index contributed by atoms with van der Waals surface area (Å²) in [6.07, 6.45) is 2.14. The standard InChI is InChI=1S/C12H12BrNO3/c13-10-8-9(12(15)16)4-5-11(10)17-7-3-1-2-6-14/h4-5,8H,1-3,7H2,(H,15,16). The maximum Gasteiger partial charge on any atom is 0.335 e. The zero-order valence-electron chi connectivity index (χ0n) is 9.15. The van der Waals surface area contributed by atoms with Gasteiger partial charge in [0.25, 0.3) is 0 Å². The van der Waals surface area contributed by atoms with Crippen molar-refractivity contribution >= 4 is 21.9 Å². The van der Waals surface area contributed by atoms with Gasteiger partial charge in [-0.15, -0.1) is 0 Å². The SMILES string of the molecule is N#CCCCCOc1ccc(C(=O)O)cc1Br. The van der Waals surface area contributed by atoms with E-state index in [2.05, 4.69) is 22.0 Å². The minimum atomic E-state index is -0.966. The molecule has 1 N–H and O–H groups in total. The molecule has 1 aromatic carbocycles. The predicted octanol–water partition coefficient (Wildman–Crippen LogP) is 3.22. The number of hydrogen-bond acceptors (Lipinski definition) is 3. The van der Waals surface area contributed by atoms with E-state index in [1.54, 1.807) is 6.07 Å². The summed E-state index contributed by atoms with van der Waals surface area (Å²) in [4.78, 5) is 10.7. The van der Waals surface area contributed by atoms with Gasteiger partial charge in [-0.2, -0.15) is 5.26 Å². The molecule has 0 unspecified atom stereocenters. The Bertz CT molecular complexity index is 440. The van der Waals surface area contributed by atoms with E-state index in [4.69, 9.17) is 15.1 Å². The molecule has 0 radical (unpaired) electrons. The Balaban J connectivity index is 2.50. The lowest BCUT2D eigenvalue weighted by molar-refractivity contribution is 0.0697. The van der Waals surface area contributed by atoms with Crippen molar-refractivity contribution in [2.75, 3.05) is 6.61 Å². The Morgan fingerprint density at radius 3 is 2.82 bits per heavy atom. The van der Waals surface area contributed by atoms with Gasteiger partial charge in [0.1, 0.15) is 5.75 Å². The van der Waals surface area contributed by atoms with Crippen molar-refractivity contribution in [2.45, 2.75) is 19.3 Å². The summed E-state index contributed by atoms with van der Waals surface area (Å²) in [6, 6.07) is 6.70. The van der Waals surface area contributed by atoms with Crippen LogP contribution in [0.4, 0.5) is 0 Å². The van der Waals surface area contributed by atoms with E-state index in [-0.39, 0.29) is 5.56 Å². The number of nitriles is 1. The molecule has 1 rings (SSSR count). The van der Waals surface area contributed by atoms with E-state index in [0.29, 0.717) is 23.2 Å². The number of nitrogens with zero attached hydrogens (tertiary/aromatic N) is 1. The molecule has 0 spiro atoms. The van der Waals surface area contributed by atoms with Crippen molar-refractivity contribution < 1.29 is 14.6 Å². The third kappa shape index (κ3) is 4.45. The van der Waals surface area contributed by atoms with Crippen LogP contribution in [0.1, 0.15) is 29.6 Å². The first-order valence-corrected chi connectivity index (χ1v) is 5.97. The molecule has 0 aliphatic carbocycles. The summed E-state index contributed by atoms with van der Waals surface area (Å²) in [6.45, 7) is 0.521. The first kappa shape index (κ1) is 13.5. The number of carboxylic acids is 1. The van der Waals surface area contributed by atoms with E-state index >= 15 is 0 Å². The Hall–Kier alpha value is -1.54. The number of ether oxygens (including phenoxy) is 1. The number of benzene rings is 1. The predicted molar refractivity (Wildman–Crippen MR) is 66.1 cm³/mol. The molecule has 0 bridgehead atoms. The number of carbonyl (C=O) groups is 1. The first-order chi connectivity index (χ1) is 8.15. The zero-order chi connectivity index (χ0) is 12.7. The van der Waals surface area contributed by atoms with Crippen LogP contribution in [0.3, 0.4) is 0 Å². The van der Waals surface area contributed by atoms with Gasteiger partial charge in [-0.25, -0.2) is 4.79 Å². The zero-order valence-corrected chi connectivity index (χ0v) is 10.7. The Morgan fingerprint density at radius 1 is 1.47 bits per heavy atom. The Labute approximate surface area is 108 Å². The van der Waals surface area contributed by atoms with E-state index in [1.165, 1.54) is 12.1 Å². The van der Waals surface area contributed by atoms with Crippen LogP contribution in [0.25, 0.3) is 0 Å². The highest BCUT2D eigenvalue weighted by atomic mass is 79.9. The molecule has 0 aliphatic rings. The molecule has 0 heterocycles. The highest BCUT2D eigenvalue weighted by Gasteiger charge is 2.07. The molecule has 0 aromatic heterocycles. The van der Waals surface area contributed by atoms with Crippen LogP contribution in [0.2, 0.25) is 0 Å². The Morgan fingerprint density at radius 2 is 2.24 bits per heavy atom. The van der Waals surface area contributed by atoms with Crippen molar-refractivity contribution in [1.29, 1.82) is 5.26 Å². The molecular weight excluding hydrogens is 286 g/mol. The fourth-order valence-electron chi connectivity index (χ4n) is 1.24. The van der Waals surface area contributed by atoms with Crippen LogP contribution in [-0.2, 0) is 0 Å². The maximum atomic E-state index is 10.7.